The fourth-order valence-corrected chi connectivity index (χ4v) is 1.48. The van der Waals surface area contributed by atoms with Crippen molar-refractivity contribution >= 4 is 11.6 Å². The lowest BCUT2D eigenvalue weighted by molar-refractivity contribution is 0.233. The summed E-state index contributed by atoms with van der Waals surface area (Å²) >= 11 is 5.71. The van der Waals surface area contributed by atoms with Crippen molar-refractivity contribution in [3.8, 4) is 0 Å². The maximum absolute atomic E-state index is 12.9. The van der Waals surface area contributed by atoms with Crippen LogP contribution in [0.15, 0.2) is 18.2 Å². The molecule has 2 N–H and O–H groups in total. The summed E-state index contributed by atoms with van der Waals surface area (Å²) in [5.41, 5.74) is 0.810. The normalized spacial score (nSPS) is 12.8. The van der Waals surface area contributed by atoms with Gasteiger partial charge in [-0.15, -0.1) is 0 Å². The third kappa shape index (κ3) is 4.60. The molecule has 0 aliphatic rings. The van der Waals surface area contributed by atoms with Gasteiger partial charge in [0.1, 0.15) is 5.82 Å². The number of halogens is 2. The van der Waals surface area contributed by atoms with Crippen molar-refractivity contribution in [3.05, 3.63) is 34.6 Å². The Bertz CT molecular complexity index is 299. The number of aliphatic hydroxyl groups excluding tert-OH is 1. The number of nitrogens with one attached hydrogen (secondary N) is 1. The number of rotatable bonds is 5. The zero-order chi connectivity index (χ0) is 11.3. The first-order valence-corrected chi connectivity index (χ1v) is 5.26. The molecule has 0 radical (unpaired) electrons. The maximum Gasteiger partial charge on any atom is 0.125 e. The van der Waals surface area contributed by atoms with Crippen LogP contribution >= 0.6 is 11.6 Å². The van der Waals surface area contributed by atoms with Crippen LogP contribution in [0.25, 0.3) is 0 Å². The zero-order valence-electron chi connectivity index (χ0n) is 8.63. The summed E-state index contributed by atoms with van der Waals surface area (Å²) in [6.07, 6.45) is 0. The highest BCUT2D eigenvalue weighted by Crippen LogP contribution is 2.13. The second-order valence-electron chi connectivity index (χ2n) is 3.70. The van der Waals surface area contributed by atoms with Crippen LogP contribution in [0.4, 0.5) is 4.39 Å². The van der Waals surface area contributed by atoms with Crippen molar-refractivity contribution in [1.29, 1.82) is 0 Å². The topological polar surface area (TPSA) is 32.3 Å². The van der Waals surface area contributed by atoms with Crippen molar-refractivity contribution in [2.24, 2.45) is 5.92 Å². The molecule has 0 saturated carbocycles. The second kappa shape index (κ2) is 6.05. The Morgan fingerprint density at radius 2 is 2.20 bits per heavy atom. The third-order valence-electron chi connectivity index (χ3n) is 2.06. The Kier molecular flexibility index (Phi) is 5.02. The Morgan fingerprint density at radius 1 is 1.47 bits per heavy atom. The maximum atomic E-state index is 12.9. The van der Waals surface area contributed by atoms with E-state index in [9.17, 15) is 4.39 Å². The lowest BCUT2D eigenvalue weighted by atomic mass is 10.2. The highest BCUT2D eigenvalue weighted by Gasteiger charge is 2.01. The molecule has 0 bridgehead atoms. The lowest BCUT2D eigenvalue weighted by Gasteiger charge is -2.09. The Balaban J connectivity index is 2.43. The fourth-order valence-electron chi connectivity index (χ4n) is 1.24. The van der Waals surface area contributed by atoms with E-state index < -0.39 is 0 Å². The van der Waals surface area contributed by atoms with Crippen molar-refractivity contribution < 1.29 is 9.50 Å². The molecule has 1 rings (SSSR count). The predicted octanol–water partition coefficient (Wildman–Crippen LogP) is 2.20. The number of aliphatic hydroxyl groups is 1. The van der Waals surface area contributed by atoms with Gasteiger partial charge in [0.25, 0.3) is 0 Å². The SMILES string of the molecule is CC(CO)CNCc1cc(F)cc(Cl)c1. The summed E-state index contributed by atoms with van der Waals surface area (Å²) < 4.78 is 12.9. The van der Waals surface area contributed by atoms with E-state index in [0.29, 0.717) is 18.1 Å². The molecule has 1 unspecified atom stereocenters. The van der Waals surface area contributed by atoms with Gasteiger partial charge in [-0.3, -0.25) is 0 Å². The molecule has 0 aliphatic carbocycles. The number of benzene rings is 1. The van der Waals surface area contributed by atoms with Gasteiger partial charge in [-0.1, -0.05) is 18.5 Å². The highest BCUT2D eigenvalue weighted by molar-refractivity contribution is 6.30. The van der Waals surface area contributed by atoms with Gasteiger partial charge < -0.3 is 10.4 Å². The summed E-state index contributed by atoms with van der Waals surface area (Å²) in [7, 11) is 0. The third-order valence-corrected chi connectivity index (χ3v) is 2.27. The first-order valence-electron chi connectivity index (χ1n) is 4.88. The molecule has 1 aromatic rings. The molecule has 0 heterocycles. The van der Waals surface area contributed by atoms with Gasteiger partial charge in [0.15, 0.2) is 0 Å². The predicted molar refractivity (Wildman–Crippen MR) is 59.4 cm³/mol. The van der Waals surface area contributed by atoms with Crippen LogP contribution in [0.2, 0.25) is 5.02 Å². The molecular weight excluding hydrogens is 217 g/mol. The largest absolute Gasteiger partial charge is 0.396 e. The molecule has 0 aromatic heterocycles. The summed E-state index contributed by atoms with van der Waals surface area (Å²) in [6, 6.07) is 4.45. The summed E-state index contributed by atoms with van der Waals surface area (Å²) in [5, 5.41) is 12.3. The van der Waals surface area contributed by atoms with E-state index in [1.165, 1.54) is 12.1 Å². The van der Waals surface area contributed by atoms with Gasteiger partial charge in [-0.05, 0) is 29.7 Å². The average molecular weight is 232 g/mol. The van der Waals surface area contributed by atoms with Crippen LogP contribution in [0, 0.1) is 11.7 Å². The minimum Gasteiger partial charge on any atom is -0.396 e. The molecule has 4 heteroatoms. The van der Waals surface area contributed by atoms with Gasteiger partial charge >= 0.3 is 0 Å². The Hall–Kier alpha value is -0.640. The second-order valence-corrected chi connectivity index (χ2v) is 4.13. The molecule has 0 spiro atoms. The smallest absolute Gasteiger partial charge is 0.125 e. The minimum atomic E-state index is -0.325. The average Bonchev–Trinajstić information content (AvgIpc) is 2.16. The van der Waals surface area contributed by atoms with Crippen molar-refractivity contribution in [1.82, 2.24) is 5.32 Å². The van der Waals surface area contributed by atoms with E-state index in [-0.39, 0.29) is 18.3 Å². The zero-order valence-corrected chi connectivity index (χ0v) is 9.39. The molecule has 0 saturated heterocycles. The van der Waals surface area contributed by atoms with Crippen LogP contribution in [0.3, 0.4) is 0 Å². The molecule has 1 atom stereocenters. The molecule has 2 nitrogen and oxygen atoms in total. The van der Waals surface area contributed by atoms with E-state index in [1.807, 2.05) is 6.92 Å². The van der Waals surface area contributed by atoms with Crippen LogP contribution in [0.5, 0.6) is 0 Å². The van der Waals surface area contributed by atoms with Gasteiger partial charge in [0, 0.05) is 24.7 Å². The van der Waals surface area contributed by atoms with Crippen LogP contribution in [-0.4, -0.2) is 18.3 Å². The van der Waals surface area contributed by atoms with Crippen molar-refractivity contribution in [2.45, 2.75) is 13.5 Å². The minimum absolute atomic E-state index is 0.150. The first-order chi connectivity index (χ1) is 7.11. The molecule has 1 aromatic carbocycles. The van der Waals surface area contributed by atoms with Gasteiger partial charge in [0.2, 0.25) is 0 Å². The molecule has 84 valence electrons. The number of hydrogen-bond donors (Lipinski definition) is 2. The van der Waals surface area contributed by atoms with Gasteiger partial charge in [-0.25, -0.2) is 4.39 Å². The summed E-state index contributed by atoms with van der Waals surface area (Å²) in [4.78, 5) is 0. The van der Waals surface area contributed by atoms with E-state index in [2.05, 4.69) is 5.32 Å². The summed E-state index contributed by atoms with van der Waals surface area (Å²) in [5.74, 6) is -0.122. The first kappa shape index (κ1) is 12.4. The number of hydrogen-bond acceptors (Lipinski definition) is 2. The fraction of sp³-hybridized carbons (Fsp3) is 0.455. The van der Waals surface area contributed by atoms with Gasteiger partial charge in [-0.2, -0.15) is 0 Å². The molecule has 15 heavy (non-hydrogen) atoms. The van der Waals surface area contributed by atoms with Crippen LogP contribution in [-0.2, 0) is 6.54 Å². The van der Waals surface area contributed by atoms with E-state index >= 15 is 0 Å². The Morgan fingerprint density at radius 3 is 2.80 bits per heavy atom. The molecular formula is C11H15ClFNO. The van der Waals surface area contributed by atoms with E-state index in [4.69, 9.17) is 16.7 Å². The molecule has 0 aliphatic heterocycles. The standard InChI is InChI=1S/C11H15ClFNO/c1-8(7-15)5-14-6-9-2-10(12)4-11(13)3-9/h2-4,8,14-15H,5-7H2,1H3. The molecule has 0 fully saturated rings. The lowest BCUT2D eigenvalue weighted by Crippen LogP contribution is -2.22. The molecule has 0 amide bonds. The van der Waals surface area contributed by atoms with Crippen LogP contribution < -0.4 is 5.32 Å². The highest BCUT2D eigenvalue weighted by atomic mass is 35.5. The van der Waals surface area contributed by atoms with E-state index in [0.717, 1.165) is 5.56 Å². The quantitative estimate of drug-likeness (QED) is 0.814. The van der Waals surface area contributed by atoms with Crippen molar-refractivity contribution in [2.75, 3.05) is 13.2 Å². The van der Waals surface area contributed by atoms with Crippen LogP contribution in [0.1, 0.15) is 12.5 Å². The van der Waals surface area contributed by atoms with E-state index in [1.54, 1.807) is 6.07 Å². The van der Waals surface area contributed by atoms with Gasteiger partial charge in [0.05, 0.1) is 0 Å². The van der Waals surface area contributed by atoms with Crippen molar-refractivity contribution in [3.63, 3.8) is 0 Å². The monoisotopic (exact) mass is 231 g/mol. The summed E-state index contributed by atoms with van der Waals surface area (Å²) in [6.45, 7) is 3.34. The Labute approximate surface area is 94.1 Å².